The third-order valence-corrected chi connectivity index (χ3v) is 3.88. The highest BCUT2D eigenvalue weighted by molar-refractivity contribution is 7.11. The summed E-state index contributed by atoms with van der Waals surface area (Å²) in [5.74, 6) is -0.337. The van der Waals surface area contributed by atoms with Crippen LogP contribution in [0.15, 0.2) is 0 Å². The summed E-state index contributed by atoms with van der Waals surface area (Å²) in [6.45, 7) is 2.95. The number of rotatable bonds is 2. The summed E-state index contributed by atoms with van der Waals surface area (Å²) >= 11 is 1.59. The molecule has 0 aromatic carbocycles. The molecule has 2 rings (SSSR count). The molecule has 16 heavy (non-hydrogen) atoms. The molecule has 0 bridgehead atoms. The largest absolute Gasteiger partial charge is 0.464 e. The van der Waals surface area contributed by atoms with E-state index in [1.807, 2.05) is 6.92 Å². The number of piperidine rings is 1. The first-order chi connectivity index (χ1) is 7.72. The number of hydrogen-bond donors (Lipinski definition) is 1. The van der Waals surface area contributed by atoms with Crippen LogP contribution in [0.5, 0.6) is 0 Å². The SMILES string of the molecule is COC(=O)c1nc(C2CCCCN2)sc1C. The zero-order valence-electron chi connectivity index (χ0n) is 9.58. The van der Waals surface area contributed by atoms with E-state index in [1.54, 1.807) is 11.3 Å². The summed E-state index contributed by atoms with van der Waals surface area (Å²) in [4.78, 5) is 16.8. The van der Waals surface area contributed by atoms with E-state index in [4.69, 9.17) is 4.74 Å². The normalized spacial score (nSPS) is 20.8. The topological polar surface area (TPSA) is 51.2 Å². The van der Waals surface area contributed by atoms with Crippen molar-refractivity contribution in [2.75, 3.05) is 13.7 Å². The van der Waals surface area contributed by atoms with Crippen molar-refractivity contribution in [1.82, 2.24) is 10.3 Å². The predicted octanol–water partition coefficient (Wildman–Crippen LogP) is 2.05. The van der Waals surface area contributed by atoms with E-state index in [0.717, 1.165) is 22.9 Å². The third kappa shape index (κ3) is 2.25. The van der Waals surface area contributed by atoms with Crippen molar-refractivity contribution in [2.24, 2.45) is 0 Å². The second-order valence-corrected chi connectivity index (χ2v) is 5.19. The van der Waals surface area contributed by atoms with Gasteiger partial charge in [0, 0.05) is 4.88 Å². The molecule has 1 fully saturated rings. The molecule has 5 heteroatoms. The summed E-state index contributed by atoms with van der Waals surface area (Å²) in [5.41, 5.74) is 0.467. The van der Waals surface area contributed by atoms with Gasteiger partial charge >= 0.3 is 5.97 Å². The molecular formula is C11H16N2O2S. The molecule has 0 aliphatic carbocycles. The molecule has 0 saturated carbocycles. The van der Waals surface area contributed by atoms with Crippen molar-refractivity contribution < 1.29 is 9.53 Å². The van der Waals surface area contributed by atoms with Gasteiger partial charge in [0.25, 0.3) is 0 Å². The first-order valence-electron chi connectivity index (χ1n) is 5.51. The molecule has 2 heterocycles. The number of esters is 1. The second-order valence-electron chi connectivity index (χ2n) is 3.95. The molecule has 0 radical (unpaired) electrons. The van der Waals surface area contributed by atoms with Gasteiger partial charge in [-0.3, -0.25) is 0 Å². The number of carbonyl (C=O) groups is 1. The van der Waals surface area contributed by atoms with E-state index in [2.05, 4.69) is 10.3 Å². The maximum absolute atomic E-state index is 11.4. The Hall–Kier alpha value is -0.940. The second kappa shape index (κ2) is 4.93. The zero-order chi connectivity index (χ0) is 11.5. The minimum absolute atomic E-state index is 0.316. The quantitative estimate of drug-likeness (QED) is 0.804. The standard InChI is InChI=1S/C11H16N2O2S/c1-7-9(11(14)15-2)13-10(16-7)8-5-3-4-6-12-8/h8,12H,3-6H2,1-2H3. The van der Waals surface area contributed by atoms with Crippen LogP contribution in [0, 0.1) is 6.92 Å². The maximum Gasteiger partial charge on any atom is 0.357 e. The average molecular weight is 240 g/mol. The lowest BCUT2D eigenvalue weighted by molar-refractivity contribution is 0.0594. The van der Waals surface area contributed by atoms with Crippen molar-refractivity contribution >= 4 is 17.3 Å². The smallest absolute Gasteiger partial charge is 0.357 e. The molecule has 1 aromatic heterocycles. The van der Waals surface area contributed by atoms with Crippen molar-refractivity contribution in [3.8, 4) is 0 Å². The monoisotopic (exact) mass is 240 g/mol. The van der Waals surface area contributed by atoms with Crippen LogP contribution in [0.2, 0.25) is 0 Å². The van der Waals surface area contributed by atoms with Gasteiger partial charge in [-0.25, -0.2) is 9.78 Å². The lowest BCUT2D eigenvalue weighted by atomic mass is 10.1. The van der Waals surface area contributed by atoms with Gasteiger partial charge in [0.05, 0.1) is 13.2 Å². The van der Waals surface area contributed by atoms with Gasteiger partial charge in [-0.1, -0.05) is 6.42 Å². The lowest BCUT2D eigenvalue weighted by Crippen LogP contribution is -2.26. The molecule has 88 valence electrons. The van der Waals surface area contributed by atoms with E-state index >= 15 is 0 Å². The van der Waals surface area contributed by atoms with Crippen LogP contribution >= 0.6 is 11.3 Å². The van der Waals surface area contributed by atoms with Crippen LogP contribution in [0.25, 0.3) is 0 Å². The first-order valence-corrected chi connectivity index (χ1v) is 6.33. The van der Waals surface area contributed by atoms with Gasteiger partial charge in [0.15, 0.2) is 5.69 Å². The number of aryl methyl sites for hydroxylation is 1. The number of hydrogen-bond acceptors (Lipinski definition) is 5. The molecular weight excluding hydrogens is 224 g/mol. The van der Waals surface area contributed by atoms with E-state index in [0.29, 0.717) is 11.7 Å². The summed E-state index contributed by atoms with van der Waals surface area (Å²) in [7, 11) is 1.39. The zero-order valence-corrected chi connectivity index (χ0v) is 10.4. The number of methoxy groups -OCH3 is 1. The van der Waals surface area contributed by atoms with Crippen molar-refractivity contribution in [3.05, 3.63) is 15.6 Å². The van der Waals surface area contributed by atoms with Gasteiger partial charge in [0.2, 0.25) is 0 Å². The van der Waals surface area contributed by atoms with Gasteiger partial charge in [0.1, 0.15) is 5.01 Å². The summed E-state index contributed by atoms with van der Waals surface area (Å²) < 4.78 is 4.70. The Morgan fingerprint density at radius 2 is 2.38 bits per heavy atom. The molecule has 1 N–H and O–H groups in total. The minimum Gasteiger partial charge on any atom is -0.464 e. The fourth-order valence-electron chi connectivity index (χ4n) is 1.91. The Morgan fingerprint density at radius 3 is 3.00 bits per heavy atom. The fraction of sp³-hybridized carbons (Fsp3) is 0.636. The van der Waals surface area contributed by atoms with Crippen LogP contribution in [-0.2, 0) is 4.74 Å². The maximum atomic E-state index is 11.4. The number of ether oxygens (including phenoxy) is 1. The summed E-state index contributed by atoms with van der Waals surface area (Å²) in [6.07, 6.45) is 3.56. The first kappa shape index (κ1) is 11.5. The molecule has 1 saturated heterocycles. The van der Waals surface area contributed by atoms with E-state index in [9.17, 15) is 4.79 Å². The molecule has 1 aliphatic heterocycles. The highest BCUT2D eigenvalue weighted by Gasteiger charge is 2.22. The van der Waals surface area contributed by atoms with Crippen molar-refractivity contribution in [1.29, 1.82) is 0 Å². The molecule has 1 aliphatic rings. The van der Waals surface area contributed by atoms with Crippen molar-refractivity contribution in [2.45, 2.75) is 32.2 Å². The Bertz CT molecular complexity index is 383. The predicted molar refractivity (Wildman–Crippen MR) is 62.8 cm³/mol. The van der Waals surface area contributed by atoms with Crippen molar-refractivity contribution in [3.63, 3.8) is 0 Å². The number of carbonyl (C=O) groups excluding carboxylic acids is 1. The summed E-state index contributed by atoms with van der Waals surface area (Å²) in [6, 6.07) is 0.316. The van der Waals surface area contributed by atoms with Gasteiger partial charge < -0.3 is 10.1 Å². The Kier molecular flexibility index (Phi) is 3.56. The molecule has 0 spiro atoms. The Labute approximate surface area is 99.0 Å². The van der Waals surface area contributed by atoms with Crippen LogP contribution in [-0.4, -0.2) is 24.6 Å². The van der Waals surface area contributed by atoms with E-state index in [1.165, 1.54) is 20.0 Å². The Balaban J connectivity index is 2.19. The van der Waals surface area contributed by atoms with Gasteiger partial charge in [-0.05, 0) is 26.3 Å². The molecule has 1 unspecified atom stereocenters. The molecule has 1 aromatic rings. The number of nitrogens with one attached hydrogen (secondary N) is 1. The third-order valence-electron chi connectivity index (χ3n) is 2.80. The van der Waals surface area contributed by atoms with Gasteiger partial charge in [-0.2, -0.15) is 0 Å². The highest BCUT2D eigenvalue weighted by Crippen LogP contribution is 2.28. The molecule has 0 amide bonds. The van der Waals surface area contributed by atoms with Gasteiger partial charge in [-0.15, -0.1) is 11.3 Å². The van der Waals surface area contributed by atoms with Crippen LogP contribution in [0.3, 0.4) is 0 Å². The van der Waals surface area contributed by atoms with E-state index in [-0.39, 0.29) is 5.97 Å². The average Bonchev–Trinajstić information content (AvgIpc) is 2.71. The molecule has 4 nitrogen and oxygen atoms in total. The van der Waals surface area contributed by atoms with Crippen LogP contribution in [0.4, 0.5) is 0 Å². The Morgan fingerprint density at radius 1 is 1.56 bits per heavy atom. The summed E-state index contributed by atoms with van der Waals surface area (Å²) in [5, 5.41) is 4.44. The minimum atomic E-state index is -0.337. The lowest BCUT2D eigenvalue weighted by Gasteiger charge is -2.21. The fourth-order valence-corrected chi connectivity index (χ4v) is 2.93. The number of nitrogens with zero attached hydrogens (tertiary/aromatic N) is 1. The molecule has 1 atom stereocenters. The number of thiazole rings is 1. The van der Waals surface area contributed by atoms with Crippen LogP contribution in [0.1, 0.15) is 45.7 Å². The number of aromatic nitrogens is 1. The van der Waals surface area contributed by atoms with E-state index < -0.39 is 0 Å². The van der Waals surface area contributed by atoms with Crippen LogP contribution < -0.4 is 5.32 Å². The highest BCUT2D eigenvalue weighted by atomic mass is 32.1.